The standard InChI is InChI=1S/C14H18ClNO2/c1-10-8-13(6-7-18-10)16-14(17)12-4-2-11(9-15)3-5-12/h2-5,10,13H,6-9H2,1H3,(H,16,17). The highest BCUT2D eigenvalue weighted by atomic mass is 35.5. The minimum atomic E-state index is -0.0183. The molecule has 4 heteroatoms. The number of benzene rings is 1. The van der Waals surface area contributed by atoms with E-state index in [1.54, 1.807) is 0 Å². The highest BCUT2D eigenvalue weighted by molar-refractivity contribution is 6.17. The average molecular weight is 268 g/mol. The molecule has 2 rings (SSSR count). The summed E-state index contributed by atoms with van der Waals surface area (Å²) < 4.78 is 5.46. The molecule has 3 nitrogen and oxygen atoms in total. The minimum absolute atomic E-state index is 0.0183. The molecular weight excluding hydrogens is 250 g/mol. The Bertz CT molecular complexity index is 405. The van der Waals surface area contributed by atoms with Gasteiger partial charge in [-0.2, -0.15) is 0 Å². The van der Waals surface area contributed by atoms with Crippen LogP contribution in [0.2, 0.25) is 0 Å². The van der Waals surface area contributed by atoms with Gasteiger partial charge in [0.25, 0.3) is 5.91 Å². The fourth-order valence-corrected chi connectivity index (χ4v) is 2.32. The van der Waals surface area contributed by atoms with Crippen molar-refractivity contribution in [2.45, 2.75) is 37.8 Å². The molecule has 1 amide bonds. The van der Waals surface area contributed by atoms with E-state index in [2.05, 4.69) is 5.32 Å². The smallest absolute Gasteiger partial charge is 0.251 e. The monoisotopic (exact) mass is 267 g/mol. The maximum atomic E-state index is 12.0. The third kappa shape index (κ3) is 3.47. The van der Waals surface area contributed by atoms with Gasteiger partial charge in [-0.15, -0.1) is 11.6 Å². The van der Waals surface area contributed by atoms with E-state index < -0.39 is 0 Å². The van der Waals surface area contributed by atoms with E-state index in [1.165, 1.54) is 0 Å². The fraction of sp³-hybridized carbons (Fsp3) is 0.500. The van der Waals surface area contributed by atoms with E-state index in [-0.39, 0.29) is 18.1 Å². The molecule has 18 heavy (non-hydrogen) atoms. The molecule has 0 bridgehead atoms. The van der Waals surface area contributed by atoms with Gasteiger partial charge in [0, 0.05) is 24.1 Å². The molecule has 0 spiro atoms. The van der Waals surface area contributed by atoms with Gasteiger partial charge >= 0.3 is 0 Å². The Hall–Kier alpha value is -1.06. The lowest BCUT2D eigenvalue weighted by Gasteiger charge is -2.27. The number of rotatable bonds is 3. The van der Waals surface area contributed by atoms with E-state index >= 15 is 0 Å². The molecule has 0 aromatic heterocycles. The molecule has 1 aliphatic rings. The lowest BCUT2D eigenvalue weighted by Crippen LogP contribution is -2.41. The van der Waals surface area contributed by atoms with Crippen molar-refractivity contribution >= 4 is 17.5 Å². The maximum Gasteiger partial charge on any atom is 0.251 e. The van der Waals surface area contributed by atoms with Crippen molar-refractivity contribution in [2.24, 2.45) is 0 Å². The highest BCUT2D eigenvalue weighted by Gasteiger charge is 2.21. The van der Waals surface area contributed by atoms with Gasteiger partial charge in [-0.25, -0.2) is 0 Å². The molecule has 0 aliphatic carbocycles. The lowest BCUT2D eigenvalue weighted by molar-refractivity contribution is 0.0136. The van der Waals surface area contributed by atoms with Crippen molar-refractivity contribution in [3.8, 4) is 0 Å². The second-order valence-electron chi connectivity index (χ2n) is 4.71. The summed E-state index contributed by atoms with van der Waals surface area (Å²) in [5, 5.41) is 3.05. The molecule has 2 unspecified atom stereocenters. The van der Waals surface area contributed by atoms with Crippen molar-refractivity contribution in [1.82, 2.24) is 5.32 Å². The Balaban J connectivity index is 1.94. The van der Waals surface area contributed by atoms with Crippen molar-refractivity contribution in [1.29, 1.82) is 0 Å². The Kier molecular flexibility index (Phi) is 4.61. The number of amides is 1. The largest absolute Gasteiger partial charge is 0.378 e. The molecule has 0 saturated carbocycles. The topological polar surface area (TPSA) is 38.3 Å². The molecule has 1 saturated heterocycles. The summed E-state index contributed by atoms with van der Waals surface area (Å²) in [4.78, 5) is 12.0. The van der Waals surface area contributed by atoms with Gasteiger partial charge in [0.05, 0.1) is 6.10 Å². The first-order valence-electron chi connectivity index (χ1n) is 6.26. The van der Waals surface area contributed by atoms with E-state index in [9.17, 15) is 4.79 Å². The van der Waals surface area contributed by atoms with Crippen LogP contribution < -0.4 is 5.32 Å². The van der Waals surface area contributed by atoms with Gasteiger partial charge in [0.1, 0.15) is 0 Å². The highest BCUT2D eigenvalue weighted by Crippen LogP contribution is 2.14. The van der Waals surface area contributed by atoms with Gasteiger partial charge in [0.2, 0.25) is 0 Å². The summed E-state index contributed by atoms with van der Waals surface area (Å²) >= 11 is 5.72. The number of hydrogen-bond acceptors (Lipinski definition) is 2. The van der Waals surface area contributed by atoms with Gasteiger partial charge in [-0.3, -0.25) is 4.79 Å². The summed E-state index contributed by atoms with van der Waals surface area (Å²) in [6.07, 6.45) is 1.99. The second kappa shape index (κ2) is 6.21. The molecule has 1 aliphatic heterocycles. The predicted molar refractivity (Wildman–Crippen MR) is 71.9 cm³/mol. The van der Waals surface area contributed by atoms with Gasteiger partial charge in [0.15, 0.2) is 0 Å². The summed E-state index contributed by atoms with van der Waals surface area (Å²) in [5.41, 5.74) is 1.70. The SMILES string of the molecule is CC1CC(NC(=O)c2ccc(CCl)cc2)CCO1. The van der Waals surface area contributed by atoms with E-state index in [4.69, 9.17) is 16.3 Å². The minimum Gasteiger partial charge on any atom is -0.378 e. The average Bonchev–Trinajstić information content (AvgIpc) is 2.39. The van der Waals surface area contributed by atoms with Crippen LogP contribution >= 0.6 is 11.6 Å². The first-order valence-corrected chi connectivity index (χ1v) is 6.80. The number of nitrogens with one attached hydrogen (secondary N) is 1. The number of hydrogen-bond donors (Lipinski definition) is 1. The van der Waals surface area contributed by atoms with Crippen molar-refractivity contribution in [3.05, 3.63) is 35.4 Å². The Morgan fingerprint density at radius 1 is 1.44 bits per heavy atom. The molecule has 0 radical (unpaired) electrons. The van der Waals surface area contributed by atoms with Gasteiger partial charge in [-0.05, 0) is 37.5 Å². The van der Waals surface area contributed by atoms with Crippen molar-refractivity contribution in [2.75, 3.05) is 6.61 Å². The van der Waals surface area contributed by atoms with Gasteiger partial charge < -0.3 is 10.1 Å². The zero-order chi connectivity index (χ0) is 13.0. The predicted octanol–water partition coefficient (Wildman–Crippen LogP) is 2.72. The summed E-state index contributed by atoms with van der Waals surface area (Å²) in [6, 6.07) is 7.61. The van der Waals surface area contributed by atoms with E-state index in [0.717, 1.165) is 25.0 Å². The summed E-state index contributed by atoms with van der Waals surface area (Å²) in [6.45, 7) is 2.75. The number of carbonyl (C=O) groups excluding carboxylic acids is 1. The molecule has 1 aromatic rings. The molecule has 1 N–H and O–H groups in total. The van der Waals surface area contributed by atoms with Crippen LogP contribution in [0, 0.1) is 0 Å². The molecule has 1 heterocycles. The molecule has 2 atom stereocenters. The Labute approximate surface area is 112 Å². The first-order chi connectivity index (χ1) is 8.69. The number of alkyl halides is 1. The van der Waals surface area contributed by atoms with E-state index in [0.29, 0.717) is 11.4 Å². The third-order valence-electron chi connectivity index (χ3n) is 3.19. The Morgan fingerprint density at radius 3 is 2.78 bits per heavy atom. The number of carbonyl (C=O) groups is 1. The van der Waals surface area contributed by atoms with Crippen LogP contribution in [0.4, 0.5) is 0 Å². The lowest BCUT2D eigenvalue weighted by atomic mass is 10.0. The fourth-order valence-electron chi connectivity index (χ4n) is 2.14. The number of halogens is 1. The van der Waals surface area contributed by atoms with Crippen LogP contribution in [0.3, 0.4) is 0 Å². The summed E-state index contributed by atoms with van der Waals surface area (Å²) in [7, 11) is 0. The van der Waals surface area contributed by atoms with Crippen LogP contribution in [-0.4, -0.2) is 24.7 Å². The zero-order valence-electron chi connectivity index (χ0n) is 10.5. The maximum absolute atomic E-state index is 12.0. The summed E-state index contributed by atoms with van der Waals surface area (Å²) in [5.74, 6) is 0.453. The van der Waals surface area contributed by atoms with Gasteiger partial charge in [-0.1, -0.05) is 12.1 Å². The normalized spacial score (nSPS) is 23.7. The van der Waals surface area contributed by atoms with Crippen LogP contribution in [0.25, 0.3) is 0 Å². The van der Waals surface area contributed by atoms with Crippen molar-refractivity contribution in [3.63, 3.8) is 0 Å². The molecular formula is C14H18ClNO2. The van der Waals surface area contributed by atoms with Crippen molar-refractivity contribution < 1.29 is 9.53 Å². The molecule has 1 aromatic carbocycles. The molecule has 1 fully saturated rings. The van der Waals surface area contributed by atoms with Crippen LogP contribution in [0.15, 0.2) is 24.3 Å². The quantitative estimate of drug-likeness (QED) is 0.855. The first kappa shape index (κ1) is 13.4. The van der Waals surface area contributed by atoms with Crippen LogP contribution in [0.5, 0.6) is 0 Å². The van der Waals surface area contributed by atoms with E-state index in [1.807, 2.05) is 31.2 Å². The molecule has 98 valence electrons. The third-order valence-corrected chi connectivity index (χ3v) is 3.50. The Morgan fingerprint density at radius 2 is 2.17 bits per heavy atom. The van der Waals surface area contributed by atoms with Crippen LogP contribution in [-0.2, 0) is 10.6 Å². The number of ether oxygens (including phenoxy) is 1. The second-order valence-corrected chi connectivity index (χ2v) is 4.97. The van der Waals surface area contributed by atoms with Crippen LogP contribution in [0.1, 0.15) is 35.7 Å². The zero-order valence-corrected chi connectivity index (χ0v) is 11.2.